The Morgan fingerprint density at radius 2 is 1.92 bits per heavy atom. The number of piperidine rings is 1. The van der Waals surface area contributed by atoms with Gasteiger partial charge in [-0.1, -0.05) is 23.7 Å². The van der Waals surface area contributed by atoms with Gasteiger partial charge in [0.05, 0.1) is 12.1 Å². The number of halogens is 1. The smallest absolute Gasteiger partial charge is 0.304 e. The van der Waals surface area contributed by atoms with Gasteiger partial charge in [0.1, 0.15) is 6.33 Å². The summed E-state index contributed by atoms with van der Waals surface area (Å²) in [5.74, 6) is -0.770. The number of hydrogen-bond acceptors (Lipinski definition) is 4. The summed E-state index contributed by atoms with van der Waals surface area (Å²) < 4.78 is 1.76. The first kappa shape index (κ1) is 16.8. The molecule has 0 spiro atoms. The predicted octanol–water partition coefficient (Wildman–Crippen LogP) is 3.40. The molecule has 0 aliphatic carbocycles. The van der Waals surface area contributed by atoms with E-state index >= 15 is 0 Å². The number of fused-ring (bicyclic) bond motifs is 1. The lowest BCUT2D eigenvalue weighted by atomic mass is 9.70. The van der Waals surface area contributed by atoms with Crippen LogP contribution in [0.2, 0.25) is 5.02 Å². The van der Waals surface area contributed by atoms with E-state index in [0.29, 0.717) is 5.02 Å². The maximum absolute atomic E-state index is 11.5. The maximum atomic E-state index is 11.5. The van der Waals surface area contributed by atoms with Crippen LogP contribution in [0.15, 0.2) is 48.9 Å². The fraction of sp³-hybridized carbons (Fsp3) is 0.316. The zero-order valence-corrected chi connectivity index (χ0v) is 14.9. The molecule has 7 heteroatoms. The minimum Gasteiger partial charge on any atom is -0.481 e. The number of pyridine rings is 1. The normalized spacial score (nSPS) is 16.7. The van der Waals surface area contributed by atoms with E-state index in [1.807, 2.05) is 42.6 Å². The molecule has 1 aliphatic heterocycles. The van der Waals surface area contributed by atoms with Crippen LogP contribution in [-0.2, 0) is 10.2 Å². The van der Waals surface area contributed by atoms with Gasteiger partial charge in [0.2, 0.25) is 0 Å². The van der Waals surface area contributed by atoms with Gasteiger partial charge in [-0.25, -0.2) is 9.50 Å². The van der Waals surface area contributed by atoms with E-state index in [2.05, 4.69) is 15.0 Å². The molecule has 134 valence electrons. The number of aliphatic carboxylic acids is 1. The first-order chi connectivity index (χ1) is 12.6. The van der Waals surface area contributed by atoms with Crippen LogP contribution in [-0.4, -0.2) is 38.8 Å². The van der Waals surface area contributed by atoms with Crippen molar-refractivity contribution in [2.45, 2.75) is 24.7 Å². The molecule has 26 heavy (non-hydrogen) atoms. The Labute approximate surface area is 156 Å². The van der Waals surface area contributed by atoms with Crippen LogP contribution >= 0.6 is 11.6 Å². The van der Waals surface area contributed by atoms with Crippen LogP contribution in [0.3, 0.4) is 0 Å². The van der Waals surface area contributed by atoms with Crippen LogP contribution in [0, 0.1) is 0 Å². The molecule has 0 saturated carbocycles. The van der Waals surface area contributed by atoms with Gasteiger partial charge >= 0.3 is 5.97 Å². The number of rotatable bonds is 4. The van der Waals surface area contributed by atoms with Crippen LogP contribution in [0.25, 0.3) is 5.65 Å². The lowest BCUT2D eigenvalue weighted by Crippen LogP contribution is -2.44. The van der Waals surface area contributed by atoms with Crippen molar-refractivity contribution in [2.24, 2.45) is 0 Å². The zero-order chi connectivity index (χ0) is 18.1. The van der Waals surface area contributed by atoms with E-state index < -0.39 is 5.97 Å². The largest absolute Gasteiger partial charge is 0.481 e. The highest BCUT2D eigenvalue weighted by Crippen LogP contribution is 2.40. The lowest BCUT2D eigenvalue weighted by Gasteiger charge is -2.42. The van der Waals surface area contributed by atoms with Crippen LogP contribution in [0.5, 0.6) is 0 Å². The van der Waals surface area contributed by atoms with Gasteiger partial charge in [-0.15, -0.1) is 0 Å². The molecule has 1 saturated heterocycles. The average Bonchev–Trinajstić information content (AvgIpc) is 3.11. The van der Waals surface area contributed by atoms with Crippen molar-refractivity contribution in [2.75, 3.05) is 18.0 Å². The Balaban J connectivity index is 1.62. The van der Waals surface area contributed by atoms with Crippen molar-refractivity contribution in [1.29, 1.82) is 0 Å². The average molecular weight is 371 g/mol. The van der Waals surface area contributed by atoms with Crippen LogP contribution < -0.4 is 4.90 Å². The van der Waals surface area contributed by atoms with Gasteiger partial charge in [0.25, 0.3) is 0 Å². The molecule has 0 amide bonds. The molecule has 2 aromatic heterocycles. The van der Waals surface area contributed by atoms with Crippen LogP contribution in [0.1, 0.15) is 24.8 Å². The number of benzene rings is 1. The number of carbonyl (C=O) groups is 1. The number of carboxylic acid groups (broad SMARTS) is 1. The fourth-order valence-corrected chi connectivity index (χ4v) is 4.04. The van der Waals surface area contributed by atoms with Crippen molar-refractivity contribution in [3.8, 4) is 0 Å². The molecule has 1 aliphatic rings. The Morgan fingerprint density at radius 1 is 1.19 bits per heavy atom. The summed E-state index contributed by atoms with van der Waals surface area (Å²) in [4.78, 5) is 18.2. The minimum atomic E-state index is -0.770. The Kier molecular flexibility index (Phi) is 4.28. The number of anilines is 1. The van der Waals surface area contributed by atoms with Crippen LogP contribution in [0.4, 0.5) is 5.69 Å². The topological polar surface area (TPSA) is 70.7 Å². The Morgan fingerprint density at radius 3 is 2.62 bits per heavy atom. The molecule has 0 unspecified atom stereocenters. The molecule has 0 atom stereocenters. The van der Waals surface area contributed by atoms with Crippen molar-refractivity contribution in [3.63, 3.8) is 0 Å². The van der Waals surface area contributed by atoms with Gasteiger partial charge in [-0.3, -0.25) is 4.79 Å². The summed E-state index contributed by atoms with van der Waals surface area (Å²) in [7, 11) is 0. The SMILES string of the molecule is O=C(O)CC1(c2ccc(Cl)cc2)CCN(c2cccn3ncnc23)CC1. The predicted molar refractivity (Wildman–Crippen MR) is 99.8 cm³/mol. The Bertz CT molecular complexity index is 930. The molecule has 1 N–H and O–H groups in total. The lowest BCUT2D eigenvalue weighted by molar-refractivity contribution is -0.138. The first-order valence-electron chi connectivity index (χ1n) is 8.59. The monoisotopic (exact) mass is 370 g/mol. The highest BCUT2D eigenvalue weighted by atomic mass is 35.5. The third kappa shape index (κ3) is 3.01. The van der Waals surface area contributed by atoms with Gasteiger partial charge in [0, 0.05) is 29.7 Å². The molecule has 0 bridgehead atoms. The summed E-state index contributed by atoms with van der Waals surface area (Å²) in [5.41, 5.74) is 2.53. The molecule has 0 radical (unpaired) electrons. The van der Waals surface area contributed by atoms with Crippen molar-refractivity contribution in [3.05, 3.63) is 59.5 Å². The number of carboxylic acids is 1. The maximum Gasteiger partial charge on any atom is 0.304 e. The fourth-order valence-electron chi connectivity index (χ4n) is 3.92. The minimum absolute atomic E-state index is 0.123. The second-order valence-electron chi connectivity index (χ2n) is 6.77. The summed E-state index contributed by atoms with van der Waals surface area (Å²) >= 11 is 6.01. The molecule has 4 rings (SSSR count). The van der Waals surface area contributed by atoms with Gasteiger partial charge in [0.15, 0.2) is 5.65 Å². The Hall–Kier alpha value is -2.60. The number of hydrogen-bond donors (Lipinski definition) is 1. The van der Waals surface area contributed by atoms with E-state index in [1.165, 1.54) is 0 Å². The highest BCUT2D eigenvalue weighted by molar-refractivity contribution is 6.30. The zero-order valence-electron chi connectivity index (χ0n) is 14.2. The third-order valence-electron chi connectivity index (χ3n) is 5.29. The first-order valence-corrected chi connectivity index (χ1v) is 8.96. The molecule has 3 heterocycles. The second-order valence-corrected chi connectivity index (χ2v) is 7.20. The van der Waals surface area contributed by atoms with E-state index in [1.54, 1.807) is 10.8 Å². The van der Waals surface area contributed by atoms with Gasteiger partial charge in [-0.2, -0.15) is 5.10 Å². The quantitative estimate of drug-likeness (QED) is 0.762. The van der Waals surface area contributed by atoms with Crippen molar-refractivity contribution < 1.29 is 9.90 Å². The third-order valence-corrected chi connectivity index (χ3v) is 5.54. The molecule has 6 nitrogen and oxygen atoms in total. The van der Waals surface area contributed by atoms with E-state index in [9.17, 15) is 9.90 Å². The number of nitrogens with zero attached hydrogens (tertiary/aromatic N) is 4. The second kappa shape index (κ2) is 6.61. The van der Waals surface area contributed by atoms with E-state index in [4.69, 9.17) is 11.6 Å². The molecule has 3 aromatic rings. The summed E-state index contributed by atoms with van der Waals surface area (Å²) in [6.07, 6.45) is 5.06. The summed E-state index contributed by atoms with van der Waals surface area (Å²) in [6, 6.07) is 11.6. The summed E-state index contributed by atoms with van der Waals surface area (Å²) in [6.45, 7) is 1.53. The van der Waals surface area contributed by atoms with E-state index in [-0.39, 0.29) is 11.8 Å². The van der Waals surface area contributed by atoms with Gasteiger partial charge in [-0.05, 0) is 42.7 Å². The van der Waals surface area contributed by atoms with Gasteiger partial charge < -0.3 is 10.0 Å². The van der Waals surface area contributed by atoms with E-state index in [0.717, 1.165) is 42.8 Å². The molecule has 1 aromatic carbocycles. The molecule has 1 fully saturated rings. The standard InChI is InChI=1S/C19H19ClN4O2/c20-15-5-3-14(4-6-15)19(12-17(25)26)7-10-23(11-8-19)16-2-1-9-24-18(16)21-13-22-24/h1-6,9,13H,7-8,10-12H2,(H,25,26). The molecular formula is C19H19ClN4O2. The highest BCUT2D eigenvalue weighted by Gasteiger charge is 2.38. The molecular weight excluding hydrogens is 352 g/mol. The van der Waals surface area contributed by atoms with Crippen molar-refractivity contribution in [1.82, 2.24) is 14.6 Å². The van der Waals surface area contributed by atoms with Crippen molar-refractivity contribution >= 4 is 28.9 Å². The number of aromatic nitrogens is 3. The summed E-state index contributed by atoms with van der Waals surface area (Å²) in [5, 5.41) is 14.3.